The van der Waals surface area contributed by atoms with Crippen molar-refractivity contribution in [2.45, 2.75) is 33.5 Å². The topological polar surface area (TPSA) is 101 Å². The van der Waals surface area contributed by atoms with E-state index in [0.29, 0.717) is 22.5 Å². The average Bonchev–Trinajstić information content (AvgIpc) is 3.11. The summed E-state index contributed by atoms with van der Waals surface area (Å²) in [7, 11) is 0. The van der Waals surface area contributed by atoms with Crippen molar-refractivity contribution in [3.05, 3.63) is 93.3 Å². The number of esters is 1. The zero-order valence-electron chi connectivity index (χ0n) is 19.1. The Kier molecular flexibility index (Phi) is 7.75. The van der Waals surface area contributed by atoms with Crippen LogP contribution in [0.15, 0.2) is 60.7 Å². The van der Waals surface area contributed by atoms with Gasteiger partial charge >= 0.3 is 12.6 Å². The summed E-state index contributed by atoms with van der Waals surface area (Å²) in [6.45, 7) is 2.03. The van der Waals surface area contributed by atoms with Crippen LogP contribution in [-0.4, -0.2) is 34.0 Å². The quantitative estimate of drug-likeness (QED) is 0.132. The summed E-state index contributed by atoms with van der Waals surface area (Å²) in [5, 5.41) is 10.9. The number of hydrogen-bond acceptors (Lipinski definition) is 6. The number of ether oxygens (including phenoxy) is 2. The first-order chi connectivity index (χ1) is 16.6. The average molecular weight is 484 g/mol. The number of halogens is 2. The summed E-state index contributed by atoms with van der Waals surface area (Å²) < 4.78 is 36.1. The van der Waals surface area contributed by atoms with E-state index in [1.165, 1.54) is 43.3 Å². The van der Waals surface area contributed by atoms with Gasteiger partial charge in [-0.3, -0.25) is 14.9 Å². The predicted molar refractivity (Wildman–Crippen MR) is 124 cm³/mol. The smallest absolute Gasteiger partial charge is 0.387 e. The summed E-state index contributed by atoms with van der Waals surface area (Å²) in [5.41, 5.74) is 2.62. The maximum Gasteiger partial charge on any atom is 0.387 e. The largest absolute Gasteiger partial charge is 0.451 e. The number of carbonyl (C=O) groups excluding carboxylic acids is 2. The molecule has 182 valence electrons. The first kappa shape index (κ1) is 25.3. The van der Waals surface area contributed by atoms with Crippen LogP contribution in [0.2, 0.25) is 0 Å². The highest BCUT2D eigenvalue weighted by molar-refractivity contribution is 6.02. The Morgan fingerprint density at radius 2 is 1.77 bits per heavy atom. The third-order valence-electron chi connectivity index (χ3n) is 5.17. The summed E-state index contributed by atoms with van der Waals surface area (Å²) >= 11 is 0. The third-order valence-corrected chi connectivity index (χ3v) is 5.17. The van der Waals surface area contributed by atoms with Gasteiger partial charge in [0, 0.05) is 40.8 Å². The Morgan fingerprint density at radius 1 is 1.09 bits per heavy atom. The molecule has 0 saturated heterocycles. The van der Waals surface area contributed by atoms with Crippen LogP contribution in [0.4, 0.5) is 14.5 Å². The number of nitro benzene ring substituents is 1. The molecule has 2 aromatic carbocycles. The highest BCUT2D eigenvalue weighted by atomic mass is 19.3. The van der Waals surface area contributed by atoms with E-state index in [9.17, 15) is 28.5 Å². The minimum absolute atomic E-state index is 0.0150. The van der Waals surface area contributed by atoms with Crippen LogP contribution < -0.4 is 4.74 Å². The second-order valence-electron chi connectivity index (χ2n) is 7.62. The Bertz CT molecular complexity index is 1280. The molecular formula is C25H22F2N2O6. The summed E-state index contributed by atoms with van der Waals surface area (Å²) in [4.78, 5) is 35.5. The van der Waals surface area contributed by atoms with E-state index in [-0.39, 0.29) is 11.4 Å². The number of carbonyl (C=O) groups is 2. The van der Waals surface area contributed by atoms with Crippen LogP contribution in [-0.2, 0) is 9.53 Å². The minimum Gasteiger partial charge on any atom is -0.451 e. The van der Waals surface area contributed by atoms with Crippen molar-refractivity contribution in [2.75, 3.05) is 0 Å². The molecule has 0 spiro atoms. The molecule has 1 aromatic heterocycles. The molecule has 0 aliphatic heterocycles. The van der Waals surface area contributed by atoms with Gasteiger partial charge in [0.25, 0.3) is 5.69 Å². The molecule has 0 aliphatic carbocycles. The molecule has 35 heavy (non-hydrogen) atoms. The van der Waals surface area contributed by atoms with E-state index in [1.54, 1.807) is 42.7 Å². The highest BCUT2D eigenvalue weighted by Gasteiger charge is 2.24. The second-order valence-corrected chi connectivity index (χ2v) is 7.62. The van der Waals surface area contributed by atoms with Crippen molar-refractivity contribution in [1.82, 2.24) is 4.57 Å². The van der Waals surface area contributed by atoms with Gasteiger partial charge in [0.05, 0.1) is 4.92 Å². The van der Waals surface area contributed by atoms with Gasteiger partial charge < -0.3 is 14.0 Å². The zero-order chi connectivity index (χ0) is 25.7. The first-order valence-electron chi connectivity index (χ1n) is 10.5. The third kappa shape index (κ3) is 6.17. The molecule has 0 amide bonds. The van der Waals surface area contributed by atoms with Crippen molar-refractivity contribution >= 4 is 23.5 Å². The Labute approximate surface area is 199 Å². The fourth-order valence-electron chi connectivity index (χ4n) is 3.58. The zero-order valence-corrected chi connectivity index (χ0v) is 19.1. The molecule has 0 N–H and O–H groups in total. The molecule has 1 heterocycles. The standard InChI is InChI=1S/C25H22F2N2O6/c1-15-13-22(16(2)28(15)19-8-10-21(11-9-19)35-25(26)27)24(31)17(3)34-23(30)12-7-18-5-4-6-20(14-18)29(32)33/h4-14,17,25H,1-3H3/b12-7+/t17-/m1/s1. The van der Waals surface area contributed by atoms with Crippen molar-refractivity contribution in [3.8, 4) is 11.4 Å². The predicted octanol–water partition coefficient (Wildman–Crippen LogP) is 5.43. The van der Waals surface area contributed by atoms with Crippen LogP contribution in [0.3, 0.4) is 0 Å². The normalized spacial score (nSPS) is 12.1. The number of ketones is 1. The fourth-order valence-corrected chi connectivity index (χ4v) is 3.58. The molecule has 10 heteroatoms. The van der Waals surface area contributed by atoms with Gasteiger partial charge in [-0.2, -0.15) is 8.78 Å². The van der Waals surface area contributed by atoms with Gasteiger partial charge in [-0.05, 0) is 62.7 Å². The summed E-state index contributed by atoms with van der Waals surface area (Å²) in [6, 6.07) is 13.4. The molecule has 3 aromatic rings. The van der Waals surface area contributed by atoms with E-state index >= 15 is 0 Å². The lowest BCUT2D eigenvalue weighted by atomic mass is 10.1. The minimum atomic E-state index is -2.93. The van der Waals surface area contributed by atoms with Crippen LogP contribution >= 0.6 is 0 Å². The molecule has 3 rings (SSSR count). The van der Waals surface area contributed by atoms with Gasteiger partial charge in [-0.25, -0.2) is 4.79 Å². The number of aryl methyl sites for hydroxylation is 1. The summed E-state index contributed by atoms with van der Waals surface area (Å²) in [5.74, 6) is -1.18. The van der Waals surface area contributed by atoms with Crippen LogP contribution in [0.5, 0.6) is 5.75 Å². The number of aromatic nitrogens is 1. The lowest BCUT2D eigenvalue weighted by molar-refractivity contribution is -0.384. The Morgan fingerprint density at radius 3 is 2.40 bits per heavy atom. The van der Waals surface area contributed by atoms with E-state index in [1.807, 2.05) is 0 Å². The maximum absolute atomic E-state index is 13.0. The highest BCUT2D eigenvalue weighted by Crippen LogP contribution is 2.25. The molecule has 0 fully saturated rings. The number of nitro groups is 1. The van der Waals surface area contributed by atoms with Gasteiger partial charge in [-0.15, -0.1) is 0 Å². The van der Waals surface area contributed by atoms with Crippen molar-refractivity contribution in [3.63, 3.8) is 0 Å². The molecule has 0 saturated carbocycles. The number of alkyl halides is 2. The molecule has 0 aliphatic rings. The number of rotatable bonds is 9. The molecular weight excluding hydrogens is 462 g/mol. The second kappa shape index (κ2) is 10.7. The molecule has 1 atom stereocenters. The van der Waals surface area contributed by atoms with Crippen LogP contribution in [0, 0.1) is 24.0 Å². The number of nitrogens with zero attached hydrogens (tertiary/aromatic N) is 2. The summed E-state index contributed by atoms with van der Waals surface area (Å²) in [6.07, 6.45) is 1.36. The van der Waals surface area contributed by atoms with Crippen molar-refractivity contribution in [1.29, 1.82) is 0 Å². The van der Waals surface area contributed by atoms with Gasteiger partial charge in [0.15, 0.2) is 6.10 Å². The van der Waals surface area contributed by atoms with E-state index in [2.05, 4.69) is 4.74 Å². The van der Waals surface area contributed by atoms with Gasteiger partial charge in [0.1, 0.15) is 5.75 Å². The SMILES string of the molecule is Cc1cc(C(=O)[C@@H](C)OC(=O)/C=C/c2cccc([N+](=O)[O-])c2)c(C)n1-c1ccc(OC(F)F)cc1. The van der Waals surface area contributed by atoms with Crippen LogP contribution in [0.1, 0.15) is 34.2 Å². The van der Waals surface area contributed by atoms with Crippen molar-refractivity contribution < 1.29 is 32.8 Å². The maximum atomic E-state index is 13.0. The Hall–Kier alpha value is -4.34. The number of benzene rings is 2. The van der Waals surface area contributed by atoms with E-state index in [0.717, 1.165) is 11.8 Å². The molecule has 0 radical (unpaired) electrons. The lowest BCUT2D eigenvalue weighted by Crippen LogP contribution is -2.24. The Balaban J connectivity index is 1.71. The molecule has 0 bridgehead atoms. The van der Waals surface area contributed by atoms with E-state index < -0.39 is 29.4 Å². The van der Waals surface area contributed by atoms with E-state index in [4.69, 9.17) is 4.74 Å². The van der Waals surface area contributed by atoms with Crippen LogP contribution in [0.25, 0.3) is 11.8 Å². The molecule has 8 nitrogen and oxygen atoms in total. The molecule has 0 unspecified atom stereocenters. The van der Waals surface area contributed by atoms with Gasteiger partial charge in [0.2, 0.25) is 5.78 Å². The van der Waals surface area contributed by atoms with Gasteiger partial charge in [-0.1, -0.05) is 12.1 Å². The lowest BCUT2D eigenvalue weighted by Gasteiger charge is -2.13. The number of Topliss-reactive ketones (excluding diaryl/α,β-unsaturated/α-hetero) is 1. The number of non-ortho nitro benzene ring substituents is 1. The van der Waals surface area contributed by atoms with Crippen molar-refractivity contribution in [2.24, 2.45) is 0 Å². The fraction of sp³-hybridized carbons (Fsp3) is 0.200. The first-order valence-corrected chi connectivity index (χ1v) is 10.5. The number of hydrogen-bond donors (Lipinski definition) is 0. The monoisotopic (exact) mass is 484 g/mol.